The van der Waals surface area contributed by atoms with Crippen LogP contribution in [0.15, 0.2) is 0 Å². The summed E-state index contributed by atoms with van der Waals surface area (Å²) in [6.07, 6.45) is -1.35. The summed E-state index contributed by atoms with van der Waals surface area (Å²) in [6.45, 7) is 1.08. The number of hydrogen-bond acceptors (Lipinski definition) is 4. The second-order valence-corrected chi connectivity index (χ2v) is 3.50. The molecule has 0 aromatic heterocycles. The fraction of sp³-hybridized carbons (Fsp3) is 0.625. The molecule has 0 aromatic carbocycles. The molecule has 0 aliphatic carbocycles. The van der Waals surface area contributed by atoms with Crippen LogP contribution in [0.3, 0.4) is 0 Å². The number of hydrogen-bond donors (Lipinski definition) is 4. The molecule has 0 saturated carbocycles. The molecule has 7 heteroatoms. The lowest BCUT2D eigenvalue weighted by Crippen LogP contribution is -2.36. The Morgan fingerprint density at radius 1 is 1.13 bits per heavy atom. The molecule has 0 aromatic rings. The normalized spacial score (nSPS) is 14.6. The second-order valence-electron chi connectivity index (χ2n) is 3.50. The molecule has 86 valence electrons. The van der Waals surface area contributed by atoms with Gasteiger partial charge >= 0.3 is 17.9 Å². The van der Waals surface area contributed by atoms with Gasteiger partial charge in [-0.15, -0.1) is 0 Å². The Morgan fingerprint density at radius 3 is 1.80 bits per heavy atom. The van der Waals surface area contributed by atoms with Gasteiger partial charge in [0.15, 0.2) is 5.92 Å². The maximum Gasteiger partial charge on any atom is 0.317 e. The number of carboxylic acid groups (broad SMARTS) is 3. The Balaban J connectivity index is 4.59. The molecular weight excluding hydrogens is 208 g/mol. The number of aliphatic carboxylic acids is 3. The minimum absolute atomic E-state index is 0.649. The molecule has 0 spiro atoms. The maximum absolute atomic E-state index is 10.5. The van der Waals surface area contributed by atoms with Crippen LogP contribution in [0.5, 0.6) is 0 Å². The van der Waals surface area contributed by atoms with E-state index in [4.69, 9.17) is 15.3 Å². The van der Waals surface area contributed by atoms with Crippen molar-refractivity contribution in [1.82, 2.24) is 0 Å². The summed E-state index contributed by atoms with van der Waals surface area (Å²) in [5, 5.41) is 34.8. The molecule has 0 aliphatic heterocycles. The monoisotopic (exact) mass is 220 g/mol. The van der Waals surface area contributed by atoms with Gasteiger partial charge in [0.25, 0.3) is 0 Å². The van der Waals surface area contributed by atoms with Gasteiger partial charge in [0, 0.05) is 6.42 Å². The van der Waals surface area contributed by atoms with Crippen LogP contribution in [0.1, 0.15) is 19.8 Å². The van der Waals surface area contributed by atoms with Crippen molar-refractivity contribution in [2.24, 2.45) is 5.92 Å². The van der Waals surface area contributed by atoms with E-state index < -0.39 is 42.3 Å². The first-order valence-corrected chi connectivity index (χ1v) is 4.05. The summed E-state index contributed by atoms with van der Waals surface area (Å²) in [5.41, 5.74) is -1.85. The third-order valence-electron chi connectivity index (χ3n) is 1.77. The Bertz CT molecular complexity index is 267. The van der Waals surface area contributed by atoms with Gasteiger partial charge in [-0.25, -0.2) is 0 Å². The van der Waals surface area contributed by atoms with Gasteiger partial charge in [-0.05, 0) is 6.92 Å². The largest absolute Gasteiger partial charge is 0.481 e. The van der Waals surface area contributed by atoms with Crippen molar-refractivity contribution in [1.29, 1.82) is 0 Å². The molecule has 0 rings (SSSR count). The van der Waals surface area contributed by atoms with Gasteiger partial charge in [0.05, 0.1) is 12.0 Å². The minimum atomic E-state index is -1.85. The Hall–Kier alpha value is -1.63. The van der Waals surface area contributed by atoms with E-state index in [9.17, 15) is 19.5 Å². The average Bonchev–Trinajstić information content (AvgIpc) is 1.96. The lowest BCUT2D eigenvalue weighted by Gasteiger charge is -2.22. The fourth-order valence-corrected chi connectivity index (χ4v) is 1.12. The highest BCUT2D eigenvalue weighted by molar-refractivity contribution is 5.93. The molecule has 1 atom stereocenters. The highest BCUT2D eigenvalue weighted by atomic mass is 16.4. The molecule has 0 radical (unpaired) electrons. The van der Waals surface area contributed by atoms with Crippen LogP contribution < -0.4 is 0 Å². The first-order chi connectivity index (χ1) is 6.65. The van der Waals surface area contributed by atoms with E-state index in [2.05, 4.69) is 0 Å². The summed E-state index contributed by atoms with van der Waals surface area (Å²) in [5.74, 6) is -6.34. The number of aliphatic hydroxyl groups is 1. The summed E-state index contributed by atoms with van der Waals surface area (Å²) in [4.78, 5) is 31.2. The van der Waals surface area contributed by atoms with E-state index in [1.807, 2.05) is 0 Å². The zero-order valence-corrected chi connectivity index (χ0v) is 8.01. The molecule has 0 fully saturated rings. The molecule has 1 unspecified atom stereocenters. The van der Waals surface area contributed by atoms with E-state index in [1.54, 1.807) is 0 Å². The Labute approximate surface area is 85.0 Å². The van der Waals surface area contributed by atoms with Crippen LogP contribution in [-0.2, 0) is 14.4 Å². The van der Waals surface area contributed by atoms with Crippen molar-refractivity contribution < 1.29 is 34.8 Å². The van der Waals surface area contributed by atoms with E-state index in [-0.39, 0.29) is 0 Å². The molecule has 0 amide bonds. The van der Waals surface area contributed by atoms with Gasteiger partial charge in [-0.2, -0.15) is 0 Å². The predicted octanol–water partition coefficient (Wildman–Crippen LogP) is -0.612. The molecule has 0 aliphatic rings. The summed E-state index contributed by atoms with van der Waals surface area (Å²) < 4.78 is 0. The van der Waals surface area contributed by atoms with Gasteiger partial charge in [-0.1, -0.05) is 0 Å². The Morgan fingerprint density at radius 2 is 1.53 bits per heavy atom. The molecule has 0 bridgehead atoms. The van der Waals surface area contributed by atoms with Crippen LogP contribution in [0.4, 0.5) is 0 Å². The maximum atomic E-state index is 10.5. The first-order valence-electron chi connectivity index (χ1n) is 4.05. The Kier molecular flexibility index (Phi) is 4.22. The van der Waals surface area contributed by atoms with E-state index in [1.165, 1.54) is 0 Å². The van der Waals surface area contributed by atoms with Crippen molar-refractivity contribution in [3.63, 3.8) is 0 Å². The summed E-state index contributed by atoms with van der Waals surface area (Å²) >= 11 is 0. The standard InChI is InChI=1S/C8H12O7/c1-8(15,3-5(9)10)2-4(6(11)12)7(13)14/h4,15H,2-3H2,1H3,(H,9,10)(H,11,12)(H,13,14). The van der Waals surface area contributed by atoms with Crippen LogP contribution in [0, 0.1) is 5.92 Å². The van der Waals surface area contributed by atoms with Gasteiger partial charge < -0.3 is 20.4 Å². The zero-order chi connectivity index (χ0) is 12.2. The van der Waals surface area contributed by atoms with Crippen molar-refractivity contribution >= 4 is 17.9 Å². The first kappa shape index (κ1) is 13.4. The molecular formula is C8H12O7. The summed E-state index contributed by atoms with van der Waals surface area (Å²) in [6, 6.07) is 0. The highest BCUT2D eigenvalue weighted by Crippen LogP contribution is 2.21. The van der Waals surface area contributed by atoms with E-state index >= 15 is 0 Å². The van der Waals surface area contributed by atoms with E-state index in [0.29, 0.717) is 0 Å². The van der Waals surface area contributed by atoms with E-state index in [0.717, 1.165) is 6.92 Å². The molecule has 0 heterocycles. The molecule has 4 N–H and O–H groups in total. The summed E-state index contributed by atoms with van der Waals surface area (Å²) in [7, 11) is 0. The fourth-order valence-electron chi connectivity index (χ4n) is 1.12. The third-order valence-corrected chi connectivity index (χ3v) is 1.77. The van der Waals surface area contributed by atoms with Crippen LogP contribution in [0.25, 0.3) is 0 Å². The van der Waals surface area contributed by atoms with Crippen molar-refractivity contribution in [3.8, 4) is 0 Å². The quantitative estimate of drug-likeness (QED) is 0.439. The highest BCUT2D eigenvalue weighted by Gasteiger charge is 2.35. The lowest BCUT2D eigenvalue weighted by atomic mass is 9.89. The average molecular weight is 220 g/mol. The number of carboxylic acids is 3. The second kappa shape index (κ2) is 4.74. The van der Waals surface area contributed by atoms with Crippen molar-refractivity contribution in [2.45, 2.75) is 25.4 Å². The topological polar surface area (TPSA) is 132 Å². The number of rotatable bonds is 6. The smallest absolute Gasteiger partial charge is 0.317 e. The molecule has 7 nitrogen and oxygen atoms in total. The van der Waals surface area contributed by atoms with Crippen molar-refractivity contribution in [3.05, 3.63) is 0 Å². The predicted molar refractivity (Wildman–Crippen MR) is 46.3 cm³/mol. The van der Waals surface area contributed by atoms with Gasteiger partial charge in [0.1, 0.15) is 0 Å². The lowest BCUT2D eigenvalue weighted by molar-refractivity contribution is -0.160. The minimum Gasteiger partial charge on any atom is -0.481 e. The number of carbonyl (C=O) groups is 3. The van der Waals surface area contributed by atoms with Crippen molar-refractivity contribution in [2.75, 3.05) is 0 Å². The molecule has 0 saturated heterocycles. The SMILES string of the molecule is CC(O)(CC(=O)O)CC(C(=O)O)C(=O)O. The van der Waals surface area contributed by atoms with Gasteiger partial charge in [-0.3, -0.25) is 14.4 Å². The van der Waals surface area contributed by atoms with Crippen LogP contribution in [-0.4, -0.2) is 43.9 Å². The van der Waals surface area contributed by atoms with Crippen LogP contribution >= 0.6 is 0 Å². The van der Waals surface area contributed by atoms with Crippen LogP contribution in [0.2, 0.25) is 0 Å². The third kappa shape index (κ3) is 4.96. The van der Waals surface area contributed by atoms with Gasteiger partial charge in [0.2, 0.25) is 0 Å². The zero-order valence-electron chi connectivity index (χ0n) is 8.01. The molecule has 15 heavy (non-hydrogen) atoms.